The Hall–Kier alpha value is -1.54. The summed E-state index contributed by atoms with van der Waals surface area (Å²) in [6.07, 6.45) is 0. The molecular weight excluding hydrogens is 249 g/mol. The summed E-state index contributed by atoms with van der Waals surface area (Å²) in [5.41, 5.74) is 4.48. The molecule has 0 aliphatic rings. The Morgan fingerprint density at radius 2 is 1.78 bits per heavy atom. The fourth-order valence-electron chi connectivity index (χ4n) is 1.93. The number of para-hydroxylation sites is 1. The van der Waals surface area contributed by atoms with Crippen LogP contribution in [0.15, 0.2) is 36.4 Å². The largest absolute Gasteiger partial charge is 0.381 e. The Morgan fingerprint density at radius 3 is 2.39 bits per heavy atom. The maximum atomic E-state index is 13.0. The van der Waals surface area contributed by atoms with Crippen molar-refractivity contribution in [1.29, 1.82) is 0 Å². The molecule has 1 N–H and O–H groups in total. The molecule has 3 heteroatoms. The summed E-state index contributed by atoms with van der Waals surface area (Å²) in [6.45, 7) is 4.76. The van der Waals surface area contributed by atoms with E-state index in [0.717, 1.165) is 11.3 Å². The first-order chi connectivity index (χ1) is 8.58. The normalized spacial score (nSPS) is 10.4. The van der Waals surface area contributed by atoms with Crippen molar-refractivity contribution in [3.05, 3.63) is 63.9 Å². The molecule has 2 aromatic carbocycles. The third-order valence-corrected chi connectivity index (χ3v) is 3.22. The summed E-state index contributed by atoms with van der Waals surface area (Å²) in [5.74, 6) is -0.382. The van der Waals surface area contributed by atoms with Crippen LogP contribution in [0.4, 0.5) is 10.1 Å². The van der Waals surface area contributed by atoms with Crippen LogP contribution in [-0.4, -0.2) is 0 Å². The molecule has 0 saturated carbocycles. The number of nitrogens with one attached hydrogen (secondary N) is 1. The highest BCUT2D eigenvalue weighted by Crippen LogP contribution is 2.21. The molecule has 0 unspecified atom stereocenters. The van der Waals surface area contributed by atoms with Gasteiger partial charge in [-0.3, -0.25) is 0 Å². The number of benzene rings is 2. The Labute approximate surface area is 112 Å². The van der Waals surface area contributed by atoms with Crippen LogP contribution in [0, 0.1) is 19.7 Å². The SMILES string of the molecule is Cc1cccc(C)c1NCc1ccc(F)c(Cl)c1. The minimum atomic E-state index is -0.382. The Kier molecular flexibility index (Phi) is 3.87. The zero-order chi connectivity index (χ0) is 13.1. The minimum Gasteiger partial charge on any atom is -0.381 e. The molecule has 0 aliphatic heterocycles. The molecule has 0 radical (unpaired) electrons. The van der Waals surface area contributed by atoms with Crippen LogP contribution in [0.3, 0.4) is 0 Å². The first-order valence-electron chi connectivity index (χ1n) is 5.82. The summed E-state index contributed by atoms with van der Waals surface area (Å²) < 4.78 is 13.0. The lowest BCUT2D eigenvalue weighted by Gasteiger charge is -2.12. The van der Waals surface area contributed by atoms with Gasteiger partial charge in [0.15, 0.2) is 0 Å². The van der Waals surface area contributed by atoms with E-state index < -0.39 is 0 Å². The topological polar surface area (TPSA) is 12.0 Å². The highest BCUT2D eigenvalue weighted by atomic mass is 35.5. The van der Waals surface area contributed by atoms with E-state index in [-0.39, 0.29) is 10.8 Å². The van der Waals surface area contributed by atoms with E-state index in [9.17, 15) is 4.39 Å². The van der Waals surface area contributed by atoms with Crippen LogP contribution in [-0.2, 0) is 6.54 Å². The summed E-state index contributed by atoms with van der Waals surface area (Å²) in [6, 6.07) is 10.9. The summed E-state index contributed by atoms with van der Waals surface area (Å²) >= 11 is 5.76. The summed E-state index contributed by atoms with van der Waals surface area (Å²) in [7, 11) is 0. The smallest absolute Gasteiger partial charge is 0.141 e. The third-order valence-electron chi connectivity index (χ3n) is 2.93. The van der Waals surface area contributed by atoms with E-state index >= 15 is 0 Å². The number of anilines is 1. The minimum absolute atomic E-state index is 0.163. The molecule has 2 aromatic rings. The molecule has 94 valence electrons. The number of halogens is 2. The van der Waals surface area contributed by atoms with Crippen LogP contribution in [0.25, 0.3) is 0 Å². The molecule has 2 rings (SSSR count). The van der Waals surface area contributed by atoms with Gasteiger partial charge < -0.3 is 5.32 Å². The van der Waals surface area contributed by atoms with Gasteiger partial charge in [-0.05, 0) is 42.7 Å². The van der Waals surface area contributed by atoms with Gasteiger partial charge >= 0.3 is 0 Å². The van der Waals surface area contributed by atoms with Gasteiger partial charge in [-0.15, -0.1) is 0 Å². The van der Waals surface area contributed by atoms with E-state index in [2.05, 4.69) is 31.3 Å². The third kappa shape index (κ3) is 2.82. The second kappa shape index (κ2) is 5.40. The average Bonchev–Trinajstić information content (AvgIpc) is 2.33. The van der Waals surface area contributed by atoms with Crippen LogP contribution in [0.2, 0.25) is 5.02 Å². The Balaban J connectivity index is 2.14. The van der Waals surface area contributed by atoms with Crippen molar-refractivity contribution in [3.8, 4) is 0 Å². The highest BCUT2D eigenvalue weighted by molar-refractivity contribution is 6.30. The van der Waals surface area contributed by atoms with Gasteiger partial charge in [0.2, 0.25) is 0 Å². The zero-order valence-corrected chi connectivity index (χ0v) is 11.2. The van der Waals surface area contributed by atoms with Crippen LogP contribution >= 0.6 is 11.6 Å². The van der Waals surface area contributed by atoms with Crippen LogP contribution < -0.4 is 5.32 Å². The molecule has 0 aromatic heterocycles. The van der Waals surface area contributed by atoms with E-state index in [0.29, 0.717) is 6.54 Å². The van der Waals surface area contributed by atoms with Crippen molar-refractivity contribution in [2.45, 2.75) is 20.4 Å². The first kappa shape index (κ1) is 12.9. The maximum absolute atomic E-state index is 13.0. The quantitative estimate of drug-likeness (QED) is 0.846. The summed E-state index contributed by atoms with van der Waals surface area (Å²) in [4.78, 5) is 0. The second-order valence-corrected chi connectivity index (χ2v) is 4.78. The molecule has 0 fully saturated rings. The van der Waals surface area contributed by atoms with E-state index in [1.165, 1.54) is 17.2 Å². The van der Waals surface area contributed by atoms with Gasteiger partial charge in [0.05, 0.1) is 5.02 Å². The number of aryl methyl sites for hydroxylation is 2. The van der Waals surface area contributed by atoms with Crippen molar-refractivity contribution >= 4 is 17.3 Å². The fraction of sp³-hybridized carbons (Fsp3) is 0.200. The van der Waals surface area contributed by atoms with Gasteiger partial charge in [-0.1, -0.05) is 35.9 Å². The van der Waals surface area contributed by atoms with Crippen molar-refractivity contribution in [2.24, 2.45) is 0 Å². The Bertz CT molecular complexity index is 546. The lowest BCUT2D eigenvalue weighted by molar-refractivity contribution is 0.627. The van der Waals surface area contributed by atoms with Crippen molar-refractivity contribution < 1.29 is 4.39 Å². The molecule has 0 amide bonds. The molecule has 0 heterocycles. The molecule has 0 bridgehead atoms. The van der Waals surface area contributed by atoms with Gasteiger partial charge in [-0.25, -0.2) is 4.39 Å². The number of hydrogen-bond donors (Lipinski definition) is 1. The second-order valence-electron chi connectivity index (χ2n) is 4.37. The molecule has 0 atom stereocenters. The molecule has 0 saturated heterocycles. The van der Waals surface area contributed by atoms with Crippen molar-refractivity contribution in [1.82, 2.24) is 0 Å². The monoisotopic (exact) mass is 263 g/mol. The van der Waals surface area contributed by atoms with Crippen LogP contribution in [0.1, 0.15) is 16.7 Å². The predicted octanol–water partition coefficient (Wildman–Crippen LogP) is 4.71. The maximum Gasteiger partial charge on any atom is 0.141 e. The number of rotatable bonds is 3. The lowest BCUT2D eigenvalue weighted by Crippen LogP contribution is -2.03. The molecular formula is C15H15ClFN. The molecule has 18 heavy (non-hydrogen) atoms. The van der Waals surface area contributed by atoms with Gasteiger partial charge in [-0.2, -0.15) is 0 Å². The first-order valence-corrected chi connectivity index (χ1v) is 6.20. The predicted molar refractivity (Wildman–Crippen MR) is 74.7 cm³/mol. The highest BCUT2D eigenvalue weighted by Gasteiger charge is 2.03. The summed E-state index contributed by atoms with van der Waals surface area (Å²) in [5, 5.41) is 3.53. The van der Waals surface area contributed by atoms with Crippen molar-refractivity contribution in [3.63, 3.8) is 0 Å². The Morgan fingerprint density at radius 1 is 1.11 bits per heavy atom. The van der Waals surface area contributed by atoms with E-state index in [1.807, 2.05) is 6.07 Å². The zero-order valence-electron chi connectivity index (χ0n) is 10.4. The van der Waals surface area contributed by atoms with Crippen molar-refractivity contribution in [2.75, 3.05) is 5.32 Å². The van der Waals surface area contributed by atoms with Crippen LogP contribution in [0.5, 0.6) is 0 Å². The van der Waals surface area contributed by atoms with E-state index in [4.69, 9.17) is 11.6 Å². The molecule has 1 nitrogen and oxygen atoms in total. The standard InChI is InChI=1S/C15H15ClFN/c1-10-4-3-5-11(2)15(10)18-9-12-6-7-14(17)13(16)8-12/h3-8,18H,9H2,1-2H3. The van der Waals surface area contributed by atoms with Gasteiger partial charge in [0.25, 0.3) is 0 Å². The van der Waals surface area contributed by atoms with Gasteiger partial charge in [0, 0.05) is 12.2 Å². The molecule has 0 spiro atoms. The van der Waals surface area contributed by atoms with Gasteiger partial charge in [0.1, 0.15) is 5.82 Å². The number of hydrogen-bond acceptors (Lipinski definition) is 1. The lowest BCUT2D eigenvalue weighted by atomic mass is 10.1. The fourth-order valence-corrected chi connectivity index (χ4v) is 2.14. The van der Waals surface area contributed by atoms with E-state index in [1.54, 1.807) is 12.1 Å². The average molecular weight is 264 g/mol. The molecule has 0 aliphatic carbocycles.